The van der Waals surface area contributed by atoms with Gasteiger partial charge in [0.25, 0.3) is 0 Å². The largest absolute Gasteiger partial charge is 0.492 e. The summed E-state index contributed by atoms with van der Waals surface area (Å²) in [7, 11) is 0. The minimum absolute atomic E-state index is 0.313. The van der Waals surface area contributed by atoms with Gasteiger partial charge in [0.05, 0.1) is 22.6 Å². The summed E-state index contributed by atoms with van der Waals surface area (Å²) in [5.41, 5.74) is 7.87. The second-order valence-electron chi connectivity index (χ2n) is 11.5. The highest BCUT2D eigenvalue weighted by molar-refractivity contribution is 6.01. The van der Waals surface area contributed by atoms with E-state index in [1.807, 2.05) is 36.7 Å². The monoisotopic (exact) mass is 575 g/mol. The highest BCUT2D eigenvalue weighted by Crippen LogP contribution is 2.35. The van der Waals surface area contributed by atoms with Crippen molar-refractivity contribution in [2.24, 2.45) is 0 Å². The number of aromatic nitrogens is 5. The van der Waals surface area contributed by atoms with Crippen molar-refractivity contribution in [1.82, 2.24) is 30.0 Å². The average Bonchev–Trinajstić information content (AvgIpc) is 3.76. The molecule has 1 fully saturated rings. The molecule has 0 bridgehead atoms. The Kier molecular flexibility index (Phi) is 7.24. The molecule has 0 atom stereocenters. The van der Waals surface area contributed by atoms with Gasteiger partial charge in [-0.15, -0.1) is 0 Å². The van der Waals surface area contributed by atoms with Crippen LogP contribution >= 0.6 is 0 Å². The van der Waals surface area contributed by atoms with Crippen LogP contribution in [0, 0.1) is 5.82 Å². The van der Waals surface area contributed by atoms with E-state index in [0.29, 0.717) is 29.7 Å². The lowest BCUT2D eigenvalue weighted by Crippen LogP contribution is -2.25. The number of nitrogens with one attached hydrogen (secondary N) is 3. The van der Waals surface area contributed by atoms with Crippen molar-refractivity contribution in [3.63, 3.8) is 0 Å². The van der Waals surface area contributed by atoms with Gasteiger partial charge < -0.3 is 15.0 Å². The third-order valence-electron chi connectivity index (χ3n) is 7.91. The Labute approximate surface area is 249 Å². The number of nitrogens with zero attached hydrogens (tertiary/aromatic N) is 4. The highest BCUT2D eigenvalue weighted by Gasteiger charge is 2.17. The summed E-state index contributed by atoms with van der Waals surface area (Å²) in [5.74, 6) is 0.160. The quantitative estimate of drug-likeness (QED) is 0.168. The molecule has 6 aromatic rings. The summed E-state index contributed by atoms with van der Waals surface area (Å²) < 4.78 is 20.7. The normalized spacial score (nSPS) is 13.9. The van der Waals surface area contributed by atoms with Crippen LogP contribution < -0.4 is 10.1 Å². The van der Waals surface area contributed by atoms with Gasteiger partial charge in [0.2, 0.25) is 0 Å². The lowest BCUT2D eigenvalue weighted by Gasteiger charge is -2.15. The van der Waals surface area contributed by atoms with E-state index in [0.717, 1.165) is 69.6 Å². The van der Waals surface area contributed by atoms with E-state index in [1.165, 1.54) is 25.0 Å². The van der Waals surface area contributed by atoms with E-state index >= 15 is 0 Å². The van der Waals surface area contributed by atoms with Gasteiger partial charge in [-0.3, -0.25) is 20.0 Å². The number of hydrogen-bond donors (Lipinski definition) is 3. The maximum Gasteiger partial charge on any atom is 0.127 e. The molecule has 218 valence electrons. The molecule has 0 amide bonds. The summed E-state index contributed by atoms with van der Waals surface area (Å²) in [5, 5.41) is 13.1. The fraction of sp³-hybridized carbons (Fsp3) is 0.265. The summed E-state index contributed by atoms with van der Waals surface area (Å²) in [4.78, 5) is 15.0. The Bertz CT molecular complexity index is 1900. The number of rotatable bonds is 9. The van der Waals surface area contributed by atoms with Crippen LogP contribution in [-0.2, 0) is 0 Å². The van der Waals surface area contributed by atoms with E-state index < -0.39 is 0 Å². The van der Waals surface area contributed by atoms with Crippen LogP contribution in [0.5, 0.6) is 5.75 Å². The molecule has 3 N–H and O–H groups in total. The highest BCUT2D eigenvalue weighted by atomic mass is 19.1. The van der Waals surface area contributed by atoms with Crippen LogP contribution in [0.2, 0.25) is 0 Å². The van der Waals surface area contributed by atoms with E-state index in [2.05, 4.69) is 67.4 Å². The zero-order chi connectivity index (χ0) is 29.3. The molecule has 1 saturated heterocycles. The molecule has 2 aromatic carbocycles. The van der Waals surface area contributed by atoms with Crippen molar-refractivity contribution in [2.45, 2.75) is 32.7 Å². The van der Waals surface area contributed by atoms with Crippen molar-refractivity contribution < 1.29 is 9.13 Å². The standard InChI is InChI=1S/C34H34FN7O/c1-21(2)38-26-14-24(19-36-20-26)22-5-6-31-28(16-22)34(41-40-31)32-18-29-30(39-32)7-8-37-33(29)23-13-25(35)17-27(15-23)43-12-11-42-9-3-4-10-42/h5-8,13-21,38-39H,3-4,9-12H2,1-2H3,(H,40,41). The predicted octanol–water partition coefficient (Wildman–Crippen LogP) is 7.27. The Morgan fingerprint density at radius 2 is 1.77 bits per heavy atom. The van der Waals surface area contributed by atoms with Crippen LogP contribution in [0.25, 0.3) is 55.6 Å². The fourth-order valence-corrected chi connectivity index (χ4v) is 5.90. The molecule has 0 aliphatic carbocycles. The molecule has 8 nitrogen and oxygen atoms in total. The Balaban J connectivity index is 1.21. The van der Waals surface area contributed by atoms with Gasteiger partial charge in [-0.1, -0.05) is 6.07 Å². The molecular formula is C34H34FN7O. The maximum absolute atomic E-state index is 14.8. The van der Waals surface area contributed by atoms with Crippen molar-refractivity contribution in [2.75, 3.05) is 31.6 Å². The molecule has 7 rings (SSSR count). The van der Waals surface area contributed by atoms with E-state index in [1.54, 1.807) is 6.20 Å². The lowest BCUT2D eigenvalue weighted by molar-refractivity contribution is 0.237. The smallest absolute Gasteiger partial charge is 0.127 e. The lowest BCUT2D eigenvalue weighted by atomic mass is 10.0. The number of anilines is 1. The first-order valence-electron chi connectivity index (χ1n) is 14.8. The number of benzene rings is 2. The van der Waals surface area contributed by atoms with E-state index in [4.69, 9.17) is 4.74 Å². The Morgan fingerprint density at radius 1 is 0.907 bits per heavy atom. The summed E-state index contributed by atoms with van der Waals surface area (Å²) in [6, 6.07) is 17.4. The Hall–Kier alpha value is -4.76. The average molecular weight is 576 g/mol. The van der Waals surface area contributed by atoms with Crippen molar-refractivity contribution in [3.05, 3.63) is 79.0 Å². The maximum atomic E-state index is 14.8. The van der Waals surface area contributed by atoms with Crippen LogP contribution in [0.1, 0.15) is 26.7 Å². The SMILES string of the molecule is CC(C)Nc1cncc(-c2ccc3[nH]nc(-c4cc5c(-c6cc(F)cc(OCCN7CCCC7)c6)nccc5[nH]4)c3c2)c1. The molecule has 0 spiro atoms. The van der Waals surface area contributed by atoms with Crippen LogP contribution in [0.3, 0.4) is 0 Å². The molecule has 43 heavy (non-hydrogen) atoms. The predicted molar refractivity (Wildman–Crippen MR) is 170 cm³/mol. The first-order valence-corrected chi connectivity index (χ1v) is 14.8. The Morgan fingerprint density at radius 3 is 2.63 bits per heavy atom. The molecular weight excluding hydrogens is 541 g/mol. The van der Waals surface area contributed by atoms with Crippen molar-refractivity contribution in [1.29, 1.82) is 0 Å². The first kappa shape index (κ1) is 27.1. The molecule has 0 unspecified atom stereocenters. The molecule has 9 heteroatoms. The van der Waals surface area contributed by atoms with Gasteiger partial charge in [0.15, 0.2) is 0 Å². The van der Waals surface area contributed by atoms with Gasteiger partial charge >= 0.3 is 0 Å². The number of H-pyrrole nitrogens is 2. The second kappa shape index (κ2) is 11.5. The number of aromatic amines is 2. The summed E-state index contributed by atoms with van der Waals surface area (Å²) in [6.07, 6.45) is 7.91. The van der Waals surface area contributed by atoms with Gasteiger partial charge in [0, 0.05) is 64.7 Å². The van der Waals surface area contributed by atoms with Gasteiger partial charge in [-0.25, -0.2) is 4.39 Å². The summed E-state index contributed by atoms with van der Waals surface area (Å²) >= 11 is 0. The summed E-state index contributed by atoms with van der Waals surface area (Å²) in [6.45, 7) is 7.79. The molecule has 5 heterocycles. The van der Waals surface area contributed by atoms with Crippen LogP contribution in [-0.4, -0.2) is 62.3 Å². The zero-order valence-electron chi connectivity index (χ0n) is 24.3. The molecule has 0 saturated carbocycles. The molecule has 1 aliphatic rings. The molecule has 0 radical (unpaired) electrons. The third kappa shape index (κ3) is 5.68. The number of fused-ring (bicyclic) bond motifs is 2. The number of likely N-dealkylation sites (tertiary alicyclic amines) is 1. The van der Waals surface area contributed by atoms with Crippen molar-refractivity contribution >= 4 is 27.5 Å². The topological polar surface area (TPSA) is 94.8 Å². The van der Waals surface area contributed by atoms with E-state index in [9.17, 15) is 4.39 Å². The first-order chi connectivity index (χ1) is 21.0. The van der Waals surface area contributed by atoms with Crippen LogP contribution in [0.15, 0.2) is 73.2 Å². The molecule has 4 aromatic heterocycles. The molecule has 1 aliphatic heterocycles. The third-order valence-corrected chi connectivity index (χ3v) is 7.91. The van der Waals surface area contributed by atoms with Gasteiger partial charge in [-0.05, 0) is 87.8 Å². The second-order valence-corrected chi connectivity index (χ2v) is 11.5. The number of ether oxygens (including phenoxy) is 1. The fourth-order valence-electron chi connectivity index (χ4n) is 5.90. The number of hydrogen-bond acceptors (Lipinski definition) is 6. The minimum atomic E-state index is -0.351. The zero-order valence-corrected chi connectivity index (χ0v) is 24.3. The number of pyridine rings is 2. The number of halogens is 1. The van der Waals surface area contributed by atoms with E-state index in [-0.39, 0.29) is 5.82 Å². The van der Waals surface area contributed by atoms with Crippen molar-refractivity contribution in [3.8, 4) is 39.5 Å². The van der Waals surface area contributed by atoms with Gasteiger partial charge in [0.1, 0.15) is 23.9 Å². The minimum Gasteiger partial charge on any atom is -0.492 e. The van der Waals surface area contributed by atoms with Gasteiger partial charge in [-0.2, -0.15) is 5.10 Å². The van der Waals surface area contributed by atoms with Crippen LogP contribution in [0.4, 0.5) is 10.1 Å².